The number of amides is 1. The summed E-state index contributed by atoms with van der Waals surface area (Å²) < 4.78 is 16.8. The molecule has 6 N–H and O–H groups in total. The van der Waals surface area contributed by atoms with Crippen LogP contribution >= 0.6 is 0 Å². The lowest BCUT2D eigenvalue weighted by molar-refractivity contribution is -0.302. The van der Waals surface area contributed by atoms with Gasteiger partial charge in [0.1, 0.15) is 24.4 Å². The van der Waals surface area contributed by atoms with Gasteiger partial charge in [0, 0.05) is 12.8 Å². The number of aliphatic hydroxyl groups excluding tert-OH is 5. The van der Waals surface area contributed by atoms with Crippen LogP contribution in [0, 0.1) is 0 Å². The summed E-state index contributed by atoms with van der Waals surface area (Å²) in [6.45, 7) is 4.31. The molecule has 1 heterocycles. The summed E-state index contributed by atoms with van der Waals surface area (Å²) in [4.78, 5) is 25.1. The van der Waals surface area contributed by atoms with Crippen molar-refractivity contribution in [2.75, 3.05) is 19.8 Å². The summed E-state index contributed by atoms with van der Waals surface area (Å²) in [6, 6.07) is -0.810. The van der Waals surface area contributed by atoms with E-state index < -0.39 is 49.5 Å². The fourth-order valence-corrected chi connectivity index (χ4v) is 11.7. The fraction of sp³-hybridized carbons (Fsp3) is 0.844. The number of rotatable bonds is 66. The van der Waals surface area contributed by atoms with Crippen molar-refractivity contribution < 1.29 is 49.3 Å². The molecule has 0 saturated carbocycles. The number of allylic oxidation sites excluding steroid dienone is 9. The highest BCUT2D eigenvalue weighted by Gasteiger charge is 2.44. The third kappa shape index (κ3) is 54.0. The molecule has 0 aliphatic carbocycles. The molecular weight excluding hydrogens is 1100 g/mol. The molecule has 1 aliphatic heterocycles. The summed E-state index contributed by atoms with van der Waals surface area (Å²) in [5.41, 5.74) is 0. The molecule has 7 atom stereocenters. The summed E-state index contributed by atoms with van der Waals surface area (Å²) in [6.07, 6.45) is 77.9. The highest BCUT2D eigenvalue weighted by molar-refractivity contribution is 5.76. The Morgan fingerprint density at radius 3 is 1.19 bits per heavy atom. The minimum absolute atomic E-state index is 0.00861. The van der Waals surface area contributed by atoms with E-state index in [0.29, 0.717) is 19.4 Å². The van der Waals surface area contributed by atoms with E-state index in [-0.39, 0.29) is 18.5 Å². The predicted molar refractivity (Wildman–Crippen MR) is 370 cm³/mol. The number of aliphatic hydroxyl groups is 5. The topological polar surface area (TPSA) is 175 Å². The third-order valence-corrected chi connectivity index (χ3v) is 17.6. The molecule has 11 heteroatoms. The van der Waals surface area contributed by atoms with Crippen LogP contribution in [0.5, 0.6) is 0 Å². The van der Waals surface area contributed by atoms with E-state index >= 15 is 0 Å². The quantitative estimate of drug-likeness (QED) is 0.0195. The lowest BCUT2D eigenvalue weighted by atomic mass is 9.99. The summed E-state index contributed by atoms with van der Waals surface area (Å²) in [5, 5.41) is 54.6. The Morgan fingerprint density at radius 1 is 0.420 bits per heavy atom. The Balaban J connectivity index is 1.96. The second-order valence-corrected chi connectivity index (χ2v) is 26.0. The van der Waals surface area contributed by atoms with E-state index in [1.54, 1.807) is 6.08 Å². The third-order valence-electron chi connectivity index (χ3n) is 17.6. The number of hydrogen-bond donors (Lipinski definition) is 6. The normalized spacial score (nSPS) is 18.1. The number of hydrogen-bond acceptors (Lipinski definition) is 10. The molecule has 1 amide bonds. The molecule has 0 aromatic rings. The second-order valence-electron chi connectivity index (χ2n) is 26.0. The molecule has 11 nitrogen and oxygen atoms in total. The highest BCUT2D eigenvalue weighted by atomic mass is 16.7. The lowest BCUT2D eigenvalue weighted by Gasteiger charge is -2.40. The minimum atomic E-state index is -1.57. The van der Waals surface area contributed by atoms with Crippen molar-refractivity contribution >= 4 is 11.9 Å². The van der Waals surface area contributed by atoms with Crippen molar-refractivity contribution in [2.24, 2.45) is 0 Å². The first kappa shape index (κ1) is 83.4. The van der Waals surface area contributed by atoms with Gasteiger partial charge in [0.05, 0.1) is 32.0 Å². The highest BCUT2D eigenvalue weighted by Crippen LogP contribution is 2.23. The average Bonchev–Trinajstić information content (AvgIpc) is 3.45. The van der Waals surface area contributed by atoms with Gasteiger partial charge in [-0.2, -0.15) is 0 Å². The zero-order chi connectivity index (χ0) is 63.7. The first-order valence-electron chi connectivity index (χ1n) is 37.6. The van der Waals surface area contributed by atoms with Crippen LogP contribution in [-0.2, 0) is 23.8 Å². The fourth-order valence-electron chi connectivity index (χ4n) is 11.7. The van der Waals surface area contributed by atoms with Gasteiger partial charge in [-0.3, -0.25) is 9.59 Å². The maximum Gasteiger partial charge on any atom is 0.305 e. The van der Waals surface area contributed by atoms with Gasteiger partial charge in [0.25, 0.3) is 0 Å². The molecule has 0 bridgehead atoms. The van der Waals surface area contributed by atoms with Gasteiger partial charge < -0.3 is 45.1 Å². The van der Waals surface area contributed by atoms with Crippen LogP contribution in [0.15, 0.2) is 60.8 Å². The zero-order valence-electron chi connectivity index (χ0n) is 57.2. The summed E-state index contributed by atoms with van der Waals surface area (Å²) in [7, 11) is 0. The van der Waals surface area contributed by atoms with E-state index in [9.17, 15) is 35.1 Å². The molecule has 88 heavy (non-hydrogen) atoms. The lowest BCUT2D eigenvalue weighted by Crippen LogP contribution is -2.60. The summed E-state index contributed by atoms with van der Waals surface area (Å²) >= 11 is 0. The monoisotopic (exact) mass is 1240 g/mol. The largest absolute Gasteiger partial charge is 0.466 e. The first-order chi connectivity index (χ1) is 43.2. The van der Waals surface area contributed by atoms with Gasteiger partial charge in [0.15, 0.2) is 6.29 Å². The maximum absolute atomic E-state index is 13.1. The zero-order valence-corrected chi connectivity index (χ0v) is 57.2. The number of esters is 1. The number of carbonyl (C=O) groups excluding carboxylic acids is 2. The molecular formula is C77H141NO10. The van der Waals surface area contributed by atoms with E-state index in [1.165, 1.54) is 257 Å². The van der Waals surface area contributed by atoms with Crippen molar-refractivity contribution in [1.82, 2.24) is 5.32 Å². The van der Waals surface area contributed by atoms with Gasteiger partial charge >= 0.3 is 5.97 Å². The van der Waals surface area contributed by atoms with E-state index in [2.05, 4.69) is 67.8 Å². The van der Waals surface area contributed by atoms with Crippen LogP contribution in [0.3, 0.4) is 0 Å². The molecule has 514 valence electrons. The van der Waals surface area contributed by atoms with Crippen LogP contribution < -0.4 is 5.32 Å². The van der Waals surface area contributed by atoms with Gasteiger partial charge in [-0.15, -0.1) is 0 Å². The SMILES string of the molecule is CCC/C=C\C/C=C\CCCCCCCC(=O)OCCCCCCCCCCC/C=C\C/C=C\CCCCCCCCCCCCCCCCCCCC(=O)NC(COC1OC(CO)C(O)C(O)C1O)C(O)/C=C/CCCCCCCCCCCCCC. The molecule has 1 fully saturated rings. The minimum Gasteiger partial charge on any atom is -0.466 e. The van der Waals surface area contributed by atoms with Crippen molar-refractivity contribution in [2.45, 2.75) is 397 Å². The van der Waals surface area contributed by atoms with E-state index in [1.807, 2.05) is 6.08 Å². The molecule has 0 aromatic heterocycles. The van der Waals surface area contributed by atoms with Gasteiger partial charge in [-0.1, -0.05) is 312 Å². The second kappa shape index (κ2) is 65.8. The number of carbonyl (C=O) groups is 2. The Bertz CT molecular complexity index is 1650. The van der Waals surface area contributed by atoms with Gasteiger partial charge in [0.2, 0.25) is 5.91 Å². The average molecular weight is 1240 g/mol. The van der Waals surface area contributed by atoms with Crippen molar-refractivity contribution in [3.05, 3.63) is 60.8 Å². The van der Waals surface area contributed by atoms with Crippen LogP contribution in [0.2, 0.25) is 0 Å². The standard InChI is InChI=1S/C77H141NO10/c1-3-5-7-9-11-13-15-17-40-43-47-51-55-59-63-70(80)69(68-87-77-76(85)75(84)74(83)71(67-79)88-77)78-72(81)64-60-56-52-48-44-41-37-35-33-31-29-27-25-23-21-19-18-20-22-24-26-28-30-32-34-36-38-42-46-50-54-58-62-66-86-73(82)65-61-57-53-49-45-39-16-14-12-10-8-6-4-2/h8,10,14,16,22,24,28,30,59,63,69-71,74-77,79-80,83-85H,3-7,9,11-13,15,17-21,23,25-27,29,31-58,60-62,64-68H2,1-2H3,(H,78,81)/b10-8-,16-14-,24-22-,30-28-,63-59+. The Labute approximate surface area is 541 Å². The number of unbranched alkanes of at least 4 members (excludes halogenated alkanes) is 44. The molecule has 1 rings (SSSR count). The van der Waals surface area contributed by atoms with E-state index in [4.69, 9.17) is 14.2 Å². The molecule has 7 unspecified atom stereocenters. The Kier molecular flexibility index (Phi) is 62.4. The number of nitrogens with one attached hydrogen (secondary N) is 1. The van der Waals surface area contributed by atoms with Gasteiger partial charge in [-0.05, 0) is 89.9 Å². The van der Waals surface area contributed by atoms with Gasteiger partial charge in [-0.25, -0.2) is 0 Å². The smallest absolute Gasteiger partial charge is 0.305 e. The Morgan fingerprint density at radius 2 is 0.784 bits per heavy atom. The molecule has 0 aromatic carbocycles. The van der Waals surface area contributed by atoms with Crippen LogP contribution in [-0.4, -0.2) is 100 Å². The van der Waals surface area contributed by atoms with Crippen LogP contribution in [0.25, 0.3) is 0 Å². The molecule has 0 spiro atoms. The van der Waals surface area contributed by atoms with Crippen molar-refractivity contribution in [3.8, 4) is 0 Å². The van der Waals surface area contributed by atoms with Crippen molar-refractivity contribution in [1.29, 1.82) is 0 Å². The van der Waals surface area contributed by atoms with E-state index in [0.717, 1.165) is 70.6 Å². The van der Waals surface area contributed by atoms with Crippen LogP contribution in [0.4, 0.5) is 0 Å². The molecule has 1 saturated heterocycles. The van der Waals surface area contributed by atoms with Crippen molar-refractivity contribution in [3.63, 3.8) is 0 Å². The summed E-state index contributed by atoms with van der Waals surface area (Å²) in [5.74, 6) is -0.187. The molecule has 0 radical (unpaired) electrons. The van der Waals surface area contributed by atoms with Crippen LogP contribution in [0.1, 0.15) is 354 Å². The maximum atomic E-state index is 13.1. The molecule has 1 aliphatic rings. The predicted octanol–water partition coefficient (Wildman–Crippen LogP) is 19.7. The Hall–Kier alpha value is -2.64. The first-order valence-corrected chi connectivity index (χ1v) is 37.6. The number of ether oxygens (including phenoxy) is 3.